The van der Waals surface area contributed by atoms with Gasteiger partial charge in [0.05, 0.1) is 0 Å². The molecule has 0 aromatic heterocycles. The summed E-state index contributed by atoms with van der Waals surface area (Å²) in [5, 5.41) is 4.08. The van der Waals surface area contributed by atoms with Crippen molar-refractivity contribution >= 4 is 11.6 Å². The highest BCUT2D eigenvalue weighted by Gasteiger charge is 2.27. The maximum atomic E-state index is 14.1. The number of rotatable bonds is 5. The summed E-state index contributed by atoms with van der Waals surface area (Å²) in [4.78, 5) is 0. The van der Waals surface area contributed by atoms with Crippen molar-refractivity contribution in [2.45, 2.75) is 58.4 Å². The van der Waals surface area contributed by atoms with Crippen molar-refractivity contribution in [3.63, 3.8) is 0 Å². The summed E-state index contributed by atoms with van der Waals surface area (Å²) in [7, 11) is 0. The fourth-order valence-corrected chi connectivity index (χ4v) is 3.40. The van der Waals surface area contributed by atoms with E-state index < -0.39 is 0 Å². The number of benzene rings is 1. The highest BCUT2D eigenvalue weighted by molar-refractivity contribution is 6.30. The minimum absolute atomic E-state index is 0.107. The molecule has 1 nitrogen and oxygen atoms in total. The van der Waals surface area contributed by atoms with Crippen molar-refractivity contribution in [2.75, 3.05) is 6.54 Å². The van der Waals surface area contributed by atoms with Gasteiger partial charge in [0.1, 0.15) is 5.82 Å². The van der Waals surface area contributed by atoms with E-state index in [-0.39, 0.29) is 11.4 Å². The summed E-state index contributed by atoms with van der Waals surface area (Å²) in [6.45, 7) is 7.50. The summed E-state index contributed by atoms with van der Waals surface area (Å²) < 4.78 is 14.1. The minimum Gasteiger partial charge on any atom is -0.312 e. The molecule has 1 aliphatic carbocycles. The third kappa shape index (κ3) is 5.27. The number of hydrogen-bond donors (Lipinski definition) is 1. The Labute approximate surface area is 133 Å². The van der Waals surface area contributed by atoms with Crippen LogP contribution in [0.25, 0.3) is 0 Å². The highest BCUT2D eigenvalue weighted by atomic mass is 35.5. The zero-order valence-electron chi connectivity index (χ0n) is 13.4. The molecule has 0 saturated heterocycles. The van der Waals surface area contributed by atoms with Gasteiger partial charge in [-0.2, -0.15) is 0 Å². The van der Waals surface area contributed by atoms with E-state index in [1.54, 1.807) is 6.07 Å². The maximum Gasteiger partial charge on any atom is 0.127 e. The van der Waals surface area contributed by atoms with Crippen molar-refractivity contribution in [2.24, 2.45) is 11.8 Å². The Morgan fingerprint density at radius 1 is 1.29 bits per heavy atom. The van der Waals surface area contributed by atoms with Crippen molar-refractivity contribution in [1.29, 1.82) is 0 Å². The Morgan fingerprint density at radius 2 is 1.95 bits per heavy atom. The van der Waals surface area contributed by atoms with Crippen LogP contribution in [-0.2, 0) is 6.42 Å². The largest absolute Gasteiger partial charge is 0.312 e. The fraction of sp³-hybridized carbons (Fsp3) is 0.667. The van der Waals surface area contributed by atoms with Crippen LogP contribution in [0.2, 0.25) is 5.02 Å². The Bertz CT molecular complexity index is 461. The van der Waals surface area contributed by atoms with E-state index in [2.05, 4.69) is 26.1 Å². The zero-order valence-corrected chi connectivity index (χ0v) is 14.1. The average Bonchev–Trinajstić information content (AvgIpc) is 2.89. The van der Waals surface area contributed by atoms with Gasteiger partial charge in [-0.1, -0.05) is 43.4 Å². The number of halogens is 2. The summed E-state index contributed by atoms with van der Waals surface area (Å²) in [6, 6.07) is 5.07. The van der Waals surface area contributed by atoms with Gasteiger partial charge in [-0.15, -0.1) is 0 Å². The molecule has 1 fully saturated rings. The van der Waals surface area contributed by atoms with Crippen LogP contribution in [0, 0.1) is 17.7 Å². The van der Waals surface area contributed by atoms with E-state index in [4.69, 9.17) is 11.6 Å². The highest BCUT2D eigenvalue weighted by Crippen LogP contribution is 2.34. The first-order valence-corrected chi connectivity index (χ1v) is 8.42. The lowest BCUT2D eigenvalue weighted by Crippen LogP contribution is -2.41. The second-order valence-electron chi connectivity index (χ2n) is 7.38. The second kappa shape index (κ2) is 7.11. The maximum absolute atomic E-state index is 14.1. The van der Waals surface area contributed by atoms with Crippen LogP contribution in [-0.4, -0.2) is 12.1 Å². The first kappa shape index (κ1) is 16.8. The Kier molecular flexibility index (Phi) is 5.67. The van der Waals surface area contributed by atoms with Crippen LogP contribution in [0.1, 0.15) is 52.0 Å². The lowest BCUT2D eigenvalue weighted by atomic mass is 9.85. The molecule has 1 aromatic rings. The molecular weight excluding hydrogens is 285 g/mol. The standard InChI is InChI=1S/C18H27ClFN/c1-18(2,3)21-12-15(13-6-4-5-7-13)10-14-8-9-16(19)11-17(14)20/h8-9,11,13,15,21H,4-7,10,12H2,1-3H3. The van der Waals surface area contributed by atoms with Gasteiger partial charge in [-0.25, -0.2) is 4.39 Å². The second-order valence-corrected chi connectivity index (χ2v) is 7.81. The summed E-state index contributed by atoms with van der Waals surface area (Å²) >= 11 is 5.85. The smallest absolute Gasteiger partial charge is 0.127 e. The first-order valence-electron chi connectivity index (χ1n) is 8.04. The molecule has 1 unspecified atom stereocenters. The predicted octanol–water partition coefficient (Wildman–Crippen LogP) is 5.22. The molecule has 1 saturated carbocycles. The molecule has 0 heterocycles. The molecular formula is C18H27ClFN. The molecule has 21 heavy (non-hydrogen) atoms. The summed E-state index contributed by atoms with van der Waals surface area (Å²) in [6.07, 6.45) is 6.01. The summed E-state index contributed by atoms with van der Waals surface area (Å²) in [5.41, 5.74) is 0.905. The molecule has 0 amide bonds. The Hall–Kier alpha value is -0.600. The molecule has 1 N–H and O–H groups in total. The molecule has 0 bridgehead atoms. The normalized spacial score (nSPS) is 18.1. The van der Waals surface area contributed by atoms with E-state index in [0.29, 0.717) is 10.9 Å². The summed E-state index contributed by atoms with van der Waals surface area (Å²) in [5.74, 6) is 1.05. The van der Waals surface area contributed by atoms with E-state index >= 15 is 0 Å². The van der Waals surface area contributed by atoms with Gasteiger partial charge in [0.2, 0.25) is 0 Å². The minimum atomic E-state index is -0.166. The van der Waals surface area contributed by atoms with E-state index in [1.807, 2.05) is 6.07 Å². The molecule has 1 aliphatic rings. The lowest BCUT2D eigenvalue weighted by Gasteiger charge is -2.29. The van der Waals surface area contributed by atoms with Gasteiger partial charge < -0.3 is 5.32 Å². The van der Waals surface area contributed by atoms with Crippen molar-refractivity contribution < 1.29 is 4.39 Å². The Balaban J connectivity index is 2.07. The molecule has 118 valence electrons. The van der Waals surface area contributed by atoms with Crippen LogP contribution in [0.4, 0.5) is 4.39 Å². The van der Waals surface area contributed by atoms with Crippen molar-refractivity contribution in [3.8, 4) is 0 Å². The molecule has 0 spiro atoms. The average molecular weight is 312 g/mol. The monoisotopic (exact) mass is 311 g/mol. The molecule has 1 aromatic carbocycles. The molecule has 3 heteroatoms. The fourth-order valence-electron chi connectivity index (χ4n) is 3.24. The third-order valence-corrected chi connectivity index (χ3v) is 4.69. The SMILES string of the molecule is CC(C)(C)NCC(Cc1ccc(Cl)cc1F)C1CCCC1. The van der Waals surface area contributed by atoms with Crippen molar-refractivity contribution in [3.05, 3.63) is 34.6 Å². The molecule has 1 atom stereocenters. The van der Waals surface area contributed by atoms with Crippen molar-refractivity contribution in [1.82, 2.24) is 5.32 Å². The van der Waals surface area contributed by atoms with E-state index in [1.165, 1.54) is 31.7 Å². The van der Waals surface area contributed by atoms with E-state index in [0.717, 1.165) is 24.4 Å². The third-order valence-electron chi connectivity index (χ3n) is 4.46. The van der Waals surface area contributed by atoms with Crippen LogP contribution in [0.15, 0.2) is 18.2 Å². The first-order chi connectivity index (χ1) is 9.85. The molecule has 0 radical (unpaired) electrons. The van der Waals surface area contributed by atoms with Crippen LogP contribution >= 0.6 is 11.6 Å². The van der Waals surface area contributed by atoms with E-state index in [9.17, 15) is 4.39 Å². The quantitative estimate of drug-likeness (QED) is 0.786. The number of hydrogen-bond acceptors (Lipinski definition) is 1. The van der Waals surface area contributed by atoms with Gasteiger partial charge in [0, 0.05) is 10.6 Å². The zero-order chi connectivity index (χ0) is 15.5. The molecule has 2 rings (SSSR count). The Morgan fingerprint density at radius 3 is 2.52 bits per heavy atom. The topological polar surface area (TPSA) is 12.0 Å². The van der Waals surface area contributed by atoms with Gasteiger partial charge in [-0.3, -0.25) is 0 Å². The van der Waals surface area contributed by atoms with Crippen LogP contribution < -0.4 is 5.32 Å². The number of nitrogens with one attached hydrogen (secondary N) is 1. The van der Waals surface area contributed by atoms with Gasteiger partial charge in [0.15, 0.2) is 0 Å². The lowest BCUT2D eigenvalue weighted by molar-refractivity contribution is 0.284. The molecule has 0 aliphatic heterocycles. The van der Waals surface area contributed by atoms with Gasteiger partial charge >= 0.3 is 0 Å². The van der Waals surface area contributed by atoms with Crippen LogP contribution in [0.5, 0.6) is 0 Å². The predicted molar refractivity (Wildman–Crippen MR) is 88.3 cm³/mol. The van der Waals surface area contributed by atoms with Crippen LogP contribution in [0.3, 0.4) is 0 Å². The van der Waals surface area contributed by atoms with Gasteiger partial charge in [0.25, 0.3) is 0 Å². The van der Waals surface area contributed by atoms with Gasteiger partial charge in [-0.05, 0) is 63.3 Å².